The molecule has 3 nitrogen and oxygen atoms in total. The zero-order valence-corrected chi connectivity index (χ0v) is 11.5. The first-order valence-electron chi connectivity index (χ1n) is 5.96. The highest BCUT2D eigenvalue weighted by Crippen LogP contribution is 2.23. The van der Waals surface area contributed by atoms with E-state index in [9.17, 15) is 4.79 Å². The van der Waals surface area contributed by atoms with Gasteiger partial charge in [0.05, 0.1) is 6.04 Å². The van der Waals surface area contributed by atoms with Gasteiger partial charge in [-0.25, -0.2) is 0 Å². The van der Waals surface area contributed by atoms with Crippen molar-refractivity contribution in [2.24, 2.45) is 5.73 Å². The Kier molecular flexibility index (Phi) is 7.32. The van der Waals surface area contributed by atoms with Crippen LogP contribution < -0.4 is 11.1 Å². The van der Waals surface area contributed by atoms with Gasteiger partial charge in [0.2, 0.25) is 5.91 Å². The van der Waals surface area contributed by atoms with Crippen molar-refractivity contribution in [3.05, 3.63) is 0 Å². The Morgan fingerprint density at radius 3 is 3.00 bits per heavy atom. The number of nitrogens with one attached hydrogen (secondary N) is 1. The van der Waals surface area contributed by atoms with Crippen LogP contribution >= 0.6 is 23.5 Å². The Bertz CT molecular complexity index is 208. The molecule has 0 saturated carbocycles. The number of rotatable bonds is 6. The van der Waals surface area contributed by atoms with Crippen LogP contribution in [-0.2, 0) is 4.79 Å². The van der Waals surface area contributed by atoms with Crippen LogP contribution in [0.2, 0.25) is 0 Å². The molecule has 16 heavy (non-hydrogen) atoms. The summed E-state index contributed by atoms with van der Waals surface area (Å²) in [5, 5.41) is 3.53. The topological polar surface area (TPSA) is 55.1 Å². The maximum Gasteiger partial charge on any atom is 0.236 e. The van der Waals surface area contributed by atoms with Gasteiger partial charge in [0.25, 0.3) is 0 Å². The number of hydrogen-bond acceptors (Lipinski definition) is 4. The molecule has 0 bridgehead atoms. The minimum atomic E-state index is -0.318. The quantitative estimate of drug-likeness (QED) is 0.761. The lowest BCUT2D eigenvalue weighted by Gasteiger charge is -2.22. The molecule has 2 unspecified atom stereocenters. The molecule has 0 radical (unpaired) electrons. The first-order valence-corrected chi connectivity index (χ1v) is 8.17. The molecule has 1 fully saturated rings. The molecule has 1 aliphatic rings. The summed E-state index contributed by atoms with van der Waals surface area (Å²) in [4.78, 5) is 11.6. The average Bonchev–Trinajstić information content (AvgIpc) is 2.34. The third-order valence-corrected chi connectivity index (χ3v) is 5.44. The van der Waals surface area contributed by atoms with Gasteiger partial charge in [0, 0.05) is 29.1 Å². The van der Waals surface area contributed by atoms with Crippen LogP contribution in [0, 0.1) is 0 Å². The van der Waals surface area contributed by atoms with Gasteiger partial charge in [0.15, 0.2) is 0 Å². The van der Waals surface area contributed by atoms with Crippen molar-refractivity contribution in [2.45, 2.75) is 37.5 Å². The summed E-state index contributed by atoms with van der Waals surface area (Å²) in [7, 11) is 0. The van der Waals surface area contributed by atoms with Crippen LogP contribution in [0.5, 0.6) is 0 Å². The Morgan fingerprint density at radius 1 is 1.56 bits per heavy atom. The molecule has 0 aliphatic carbocycles. The van der Waals surface area contributed by atoms with E-state index in [-0.39, 0.29) is 11.9 Å². The Balaban J connectivity index is 2.12. The molecule has 5 heteroatoms. The maximum absolute atomic E-state index is 11.6. The van der Waals surface area contributed by atoms with Crippen molar-refractivity contribution in [1.29, 1.82) is 0 Å². The number of hydrogen-bond donors (Lipinski definition) is 2. The van der Waals surface area contributed by atoms with Crippen LogP contribution in [0.15, 0.2) is 0 Å². The van der Waals surface area contributed by atoms with E-state index >= 15 is 0 Å². The van der Waals surface area contributed by atoms with Crippen LogP contribution in [0.1, 0.15) is 26.2 Å². The van der Waals surface area contributed by atoms with E-state index in [1.807, 2.05) is 23.5 Å². The molecule has 3 N–H and O–H groups in total. The predicted octanol–water partition coefficient (Wildman–Crippen LogP) is 1.47. The Morgan fingerprint density at radius 2 is 2.38 bits per heavy atom. The van der Waals surface area contributed by atoms with Gasteiger partial charge in [-0.05, 0) is 6.42 Å². The minimum absolute atomic E-state index is 0.0182. The number of nitrogens with two attached hydrogens (primary N) is 1. The highest BCUT2D eigenvalue weighted by atomic mass is 32.2. The van der Waals surface area contributed by atoms with E-state index in [1.165, 1.54) is 11.5 Å². The molecule has 0 spiro atoms. The van der Waals surface area contributed by atoms with Crippen molar-refractivity contribution >= 4 is 29.4 Å². The van der Waals surface area contributed by atoms with Gasteiger partial charge in [-0.2, -0.15) is 23.5 Å². The summed E-state index contributed by atoms with van der Waals surface area (Å²) in [5.41, 5.74) is 5.79. The predicted molar refractivity (Wildman–Crippen MR) is 74.1 cm³/mol. The van der Waals surface area contributed by atoms with Crippen molar-refractivity contribution < 1.29 is 4.79 Å². The molecule has 1 amide bonds. The smallest absolute Gasteiger partial charge is 0.236 e. The number of unbranched alkanes of at least 4 members (excludes halogenated alkanes) is 1. The summed E-state index contributed by atoms with van der Waals surface area (Å²) in [6.07, 6.45) is 2.92. The van der Waals surface area contributed by atoms with E-state index < -0.39 is 0 Å². The summed E-state index contributed by atoms with van der Waals surface area (Å²) < 4.78 is 0. The van der Waals surface area contributed by atoms with Gasteiger partial charge >= 0.3 is 0 Å². The molecule has 2 atom stereocenters. The number of thioether (sulfide) groups is 2. The summed E-state index contributed by atoms with van der Waals surface area (Å²) in [6, 6.07) is -0.318. The van der Waals surface area contributed by atoms with Crippen molar-refractivity contribution in [1.82, 2.24) is 5.32 Å². The molecule has 1 aliphatic heterocycles. The number of carbonyl (C=O) groups is 1. The standard InChI is InChI=1S/C11H22N2OS2/c1-2-3-4-10(12)11(14)13-7-9-8-15-5-6-16-9/h9-10H,2-8,12H2,1H3,(H,13,14). The van der Waals surface area contributed by atoms with E-state index in [0.717, 1.165) is 31.6 Å². The Hall–Kier alpha value is 0.130. The first kappa shape index (κ1) is 14.2. The largest absolute Gasteiger partial charge is 0.354 e. The lowest BCUT2D eigenvalue weighted by atomic mass is 10.1. The molecule has 1 heterocycles. The zero-order chi connectivity index (χ0) is 11.8. The lowest BCUT2D eigenvalue weighted by Crippen LogP contribution is -2.43. The van der Waals surface area contributed by atoms with E-state index in [1.54, 1.807) is 0 Å². The first-order chi connectivity index (χ1) is 7.74. The van der Waals surface area contributed by atoms with Gasteiger partial charge in [-0.1, -0.05) is 19.8 Å². The summed E-state index contributed by atoms with van der Waals surface area (Å²) in [5.74, 6) is 3.61. The maximum atomic E-state index is 11.6. The second-order valence-corrected chi connectivity index (χ2v) is 6.62. The van der Waals surface area contributed by atoms with Crippen molar-refractivity contribution in [3.8, 4) is 0 Å². The summed E-state index contributed by atoms with van der Waals surface area (Å²) in [6.45, 7) is 2.89. The van der Waals surface area contributed by atoms with Crippen LogP contribution in [0.25, 0.3) is 0 Å². The molecule has 0 aromatic rings. The van der Waals surface area contributed by atoms with Crippen LogP contribution in [0.4, 0.5) is 0 Å². The number of carbonyl (C=O) groups excluding carboxylic acids is 1. The average molecular weight is 262 g/mol. The van der Waals surface area contributed by atoms with Crippen LogP contribution in [-0.4, -0.2) is 41.0 Å². The third kappa shape index (κ3) is 5.46. The van der Waals surface area contributed by atoms with Gasteiger partial charge in [0.1, 0.15) is 0 Å². The Labute approximate surface area is 107 Å². The van der Waals surface area contributed by atoms with Gasteiger partial charge in [-0.3, -0.25) is 4.79 Å². The second-order valence-electron chi connectivity index (χ2n) is 4.06. The van der Waals surface area contributed by atoms with Crippen LogP contribution in [0.3, 0.4) is 0 Å². The van der Waals surface area contributed by atoms with Gasteiger partial charge in [-0.15, -0.1) is 0 Å². The molecule has 0 aromatic heterocycles. The van der Waals surface area contributed by atoms with E-state index in [2.05, 4.69) is 12.2 Å². The number of amides is 1. The SMILES string of the molecule is CCCCC(N)C(=O)NCC1CSCCS1. The van der Waals surface area contributed by atoms with E-state index in [4.69, 9.17) is 5.73 Å². The molecule has 1 saturated heterocycles. The van der Waals surface area contributed by atoms with Crippen molar-refractivity contribution in [2.75, 3.05) is 23.8 Å². The fourth-order valence-corrected chi connectivity index (χ4v) is 4.17. The molecular weight excluding hydrogens is 240 g/mol. The third-order valence-electron chi connectivity index (χ3n) is 2.59. The minimum Gasteiger partial charge on any atom is -0.354 e. The molecular formula is C11H22N2OS2. The zero-order valence-electron chi connectivity index (χ0n) is 9.91. The monoisotopic (exact) mass is 262 g/mol. The molecule has 0 aromatic carbocycles. The van der Waals surface area contributed by atoms with Gasteiger partial charge < -0.3 is 11.1 Å². The lowest BCUT2D eigenvalue weighted by molar-refractivity contribution is -0.122. The second kappa shape index (κ2) is 8.25. The fraction of sp³-hybridized carbons (Fsp3) is 0.909. The normalized spacial score (nSPS) is 22.8. The molecule has 94 valence electrons. The summed E-state index contributed by atoms with van der Waals surface area (Å²) >= 11 is 3.93. The highest BCUT2D eigenvalue weighted by Gasteiger charge is 2.17. The van der Waals surface area contributed by atoms with Crippen molar-refractivity contribution in [3.63, 3.8) is 0 Å². The highest BCUT2D eigenvalue weighted by molar-refractivity contribution is 8.06. The molecule has 1 rings (SSSR count). The van der Waals surface area contributed by atoms with E-state index in [0.29, 0.717) is 5.25 Å². The fourth-order valence-electron chi connectivity index (χ4n) is 1.56.